The summed E-state index contributed by atoms with van der Waals surface area (Å²) in [6, 6.07) is 1.07. The quantitative estimate of drug-likeness (QED) is 0.547. The molecule has 27 heavy (non-hydrogen) atoms. The summed E-state index contributed by atoms with van der Waals surface area (Å²) in [4.78, 5) is 14.2. The molecule has 3 aliphatic carbocycles. The van der Waals surface area contributed by atoms with Crippen molar-refractivity contribution in [3.63, 3.8) is 0 Å². The summed E-state index contributed by atoms with van der Waals surface area (Å²) in [6.45, 7) is 6.12. The Bertz CT molecular complexity index is 607. The van der Waals surface area contributed by atoms with Gasteiger partial charge in [-0.1, -0.05) is 19.9 Å². The largest absolute Gasteiger partial charge is 0.338 e. The molecule has 0 radical (unpaired) electrons. The van der Waals surface area contributed by atoms with Crippen LogP contribution in [0.5, 0.6) is 0 Å². The van der Waals surface area contributed by atoms with E-state index in [0.717, 1.165) is 36.6 Å². The topological polar surface area (TPSA) is 32.3 Å². The first-order valence-electron chi connectivity index (χ1n) is 11.2. The highest BCUT2D eigenvalue weighted by atomic mass is 35.5. The molecule has 0 spiro atoms. The first-order valence-corrected chi connectivity index (χ1v) is 11.7. The molecule has 152 valence electrons. The fraction of sp³-hybridized carbons (Fsp3) is 0.870. The van der Waals surface area contributed by atoms with Crippen molar-refractivity contribution in [2.45, 2.75) is 77.3 Å². The molecule has 0 saturated heterocycles. The van der Waals surface area contributed by atoms with Crippen LogP contribution in [0.25, 0.3) is 0 Å². The SMILES string of the molecule is CN1C(=O)C=C[C@@]2(C)C1CC[C@@H]1[C@H]2CC[C@]2(C)C(NCCCCCl)CC[C@@H]12. The highest BCUT2D eigenvalue weighted by Crippen LogP contribution is 2.63. The van der Waals surface area contributed by atoms with Crippen LogP contribution >= 0.6 is 11.6 Å². The van der Waals surface area contributed by atoms with Crippen LogP contribution in [0.15, 0.2) is 12.2 Å². The number of carbonyl (C=O) groups excluding carboxylic acids is 1. The zero-order valence-electron chi connectivity index (χ0n) is 17.3. The standard InChI is InChI=1S/C23H37ClN2O/c1-22-12-10-18-16(17(22)7-8-19(22)25-15-5-4-14-24)6-9-20-23(18,2)13-11-21(27)26(20)3/h11,13,16-20,25H,4-10,12,14-15H2,1-3H3/t16-,17-,18+,19?,20?,22-,23+/m0/s1. The van der Waals surface area contributed by atoms with Crippen LogP contribution in [0, 0.1) is 28.6 Å². The summed E-state index contributed by atoms with van der Waals surface area (Å²) in [7, 11) is 2.01. The van der Waals surface area contributed by atoms with Gasteiger partial charge >= 0.3 is 0 Å². The molecule has 0 aromatic rings. The van der Waals surface area contributed by atoms with Gasteiger partial charge in [-0.25, -0.2) is 0 Å². The molecule has 3 nitrogen and oxygen atoms in total. The maximum Gasteiger partial charge on any atom is 0.246 e. The minimum atomic E-state index is 0.165. The second-order valence-electron chi connectivity index (χ2n) is 10.1. The van der Waals surface area contributed by atoms with E-state index in [9.17, 15) is 4.79 Å². The van der Waals surface area contributed by atoms with Crippen LogP contribution in [0.1, 0.15) is 65.2 Å². The first kappa shape index (κ1) is 19.8. The zero-order valence-corrected chi connectivity index (χ0v) is 18.1. The van der Waals surface area contributed by atoms with Gasteiger partial charge in [0.1, 0.15) is 0 Å². The average Bonchev–Trinajstić information content (AvgIpc) is 2.99. The third-order valence-electron chi connectivity index (χ3n) is 9.08. The monoisotopic (exact) mass is 392 g/mol. The molecule has 2 unspecified atom stereocenters. The molecule has 3 saturated carbocycles. The molecule has 7 atom stereocenters. The number of rotatable bonds is 5. The number of unbranched alkanes of at least 4 members (excludes halogenated alkanes) is 1. The molecule has 0 aromatic heterocycles. The summed E-state index contributed by atoms with van der Waals surface area (Å²) >= 11 is 5.84. The van der Waals surface area contributed by atoms with Crippen molar-refractivity contribution in [1.82, 2.24) is 10.2 Å². The molecule has 3 fully saturated rings. The van der Waals surface area contributed by atoms with E-state index in [-0.39, 0.29) is 11.3 Å². The lowest BCUT2D eigenvalue weighted by Gasteiger charge is -2.60. The zero-order chi connectivity index (χ0) is 19.2. The van der Waals surface area contributed by atoms with Crippen molar-refractivity contribution in [1.29, 1.82) is 0 Å². The van der Waals surface area contributed by atoms with Crippen molar-refractivity contribution in [2.24, 2.45) is 28.6 Å². The number of amides is 1. The predicted octanol–water partition coefficient (Wildman–Crippen LogP) is 4.60. The molecule has 1 amide bonds. The maximum atomic E-state index is 12.2. The predicted molar refractivity (Wildman–Crippen MR) is 112 cm³/mol. The number of alkyl halides is 1. The number of fused-ring (bicyclic) bond motifs is 5. The summed E-state index contributed by atoms with van der Waals surface area (Å²) in [6.07, 6.45) is 14.3. The van der Waals surface area contributed by atoms with E-state index in [1.165, 1.54) is 44.9 Å². The minimum absolute atomic E-state index is 0.165. The Labute approximate surface area is 170 Å². The van der Waals surface area contributed by atoms with Crippen LogP contribution in [0.3, 0.4) is 0 Å². The Morgan fingerprint density at radius 2 is 1.96 bits per heavy atom. The lowest BCUT2D eigenvalue weighted by atomic mass is 9.48. The van der Waals surface area contributed by atoms with E-state index >= 15 is 0 Å². The number of likely N-dealkylation sites (N-methyl/N-ethyl adjacent to an activating group) is 1. The second-order valence-corrected chi connectivity index (χ2v) is 10.5. The highest BCUT2D eigenvalue weighted by Gasteiger charge is 2.60. The molecule has 0 bridgehead atoms. The van der Waals surface area contributed by atoms with Gasteiger partial charge < -0.3 is 10.2 Å². The third kappa shape index (κ3) is 3.08. The second kappa shape index (κ2) is 7.37. The van der Waals surface area contributed by atoms with Crippen molar-refractivity contribution in [3.05, 3.63) is 12.2 Å². The molecule has 4 rings (SSSR count). The van der Waals surface area contributed by atoms with Crippen LogP contribution in [0.2, 0.25) is 0 Å². The summed E-state index contributed by atoms with van der Waals surface area (Å²) < 4.78 is 0. The van der Waals surface area contributed by atoms with E-state index in [1.54, 1.807) is 0 Å². The van der Waals surface area contributed by atoms with Crippen LogP contribution in [-0.4, -0.2) is 42.4 Å². The van der Waals surface area contributed by atoms with Gasteiger partial charge in [-0.2, -0.15) is 0 Å². The Morgan fingerprint density at radius 3 is 2.74 bits per heavy atom. The smallest absolute Gasteiger partial charge is 0.246 e. The van der Waals surface area contributed by atoms with E-state index in [2.05, 4.69) is 25.2 Å². The first-order chi connectivity index (χ1) is 12.9. The molecule has 1 heterocycles. The molecule has 4 heteroatoms. The van der Waals surface area contributed by atoms with Gasteiger partial charge in [-0.05, 0) is 87.2 Å². The van der Waals surface area contributed by atoms with E-state index in [0.29, 0.717) is 17.5 Å². The third-order valence-corrected chi connectivity index (χ3v) is 9.35. The fourth-order valence-corrected chi connectivity index (χ4v) is 7.76. The Balaban J connectivity index is 1.51. The van der Waals surface area contributed by atoms with Crippen molar-refractivity contribution >= 4 is 17.5 Å². The normalized spacial score (nSPS) is 46.1. The fourth-order valence-electron chi connectivity index (χ4n) is 7.57. The number of hydrogen-bond donors (Lipinski definition) is 1. The van der Waals surface area contributed by atoms with E-state index < -0.39 is 0 Å². The highest BCUT2D eigenvalue weighted by molar-refractivity contribution is 6.17. The van der Waals surface area contributed by atoms with E-state index in [4.69, 9.17) is 11.6 Å². The van der Waals surface area contributed by atoms with Crippen LogP contribution < -0.4 is 5.32 Å². The number of nitrogens with zero attached hydrogens (tertiary/aromatic N) is 1. The molecule has 4 aliphatic rings. The number of nitrogens with one attached hydrogen (secondary N) is 1. The van der Waals surface area contributed by atoms with Crippen molar-refractivity contribution in [2.75, 3.05) is 19.5 Å². The van der Waals surface area contributed by atoms with Gasteiger partial charge in [0.05, 0.1) is 0 Å². The lowest BCUT2D eigenvalue weighted by Crippen LogP contribution is -2.60. The Morgan fingerprint density at radius 1 is 1.15 bits per heavy atom. The molecule has 0 aromatic carbocycles. The Hall–Kier alpha value is -0.540. The summed E-state index contributed by atoms with van der Waals surface area (Å²) in [5.41, 5.74) is 0.615. The van der Waals surface area contributed by atoms with Gasteiger partial charge in [-0.3, -0.25) is 4.79 Å². The van der Waals surface area contributed by atoms with Crippen molar-refractivity contribution < 1.29 is 4.79 Å². The molecule has 1 N–H and O–H groups in total. The van der Waals surface area contributed by atoms with Gasteiger partial charge in [0.2, 0.25) is 5.91 Å². The summed E-state index contributed by atoms with van der Waals surface area (Å²) in [5.74, 6) is 3.37. The molecule has 1 aliphatic heterocycles. The lowest BCUT2D eigenvalue weighted by molar-refractivity contribution is -0.138. The van der Waals surface area contributed by atoms with E-state index in [1.807, 2.05) is 18.0 Å². The molecular formula is C23H37ClN2O. The molecular weight excluding hydrogens is 356 g/mol. The van der Waals surface area contributed by atoms with Gasteiger partial charge in [-0.15, -0.1) is 11.6 Å². The van der Waals surface area contributed by atoms with Gasteiger partial charge in [0.25, 0.3) is 0 Å². The van der Waals surface area contributed by atoms with Crippen LogP contribution in [-0.2, 0) is 4.79 Å². The number of hydrogen-bond acceptors (Lipinski definition) is 2. The van der Waals surface area contributed by atoms with Crippen LogP contribution in [0.4, 0.5) is 0 Å². The maximum absolute atomic E-state index is 12.2. The Kier molecular flexibility index (Phi) is 5.39. The van der Waals surface area contributed by atoms with Crippen molar-refractivity contribution in [3.8, 4) is 0 Å². The minimum Gasteiger partial charge on any atom is -0.338 e. The number of carbonyl (C=O) groups is 1. The van der Waals surface area contributed by atoms with Gasteiger partial charge in [0.15, 0.2) is 0 Å². The van der Waals surface area contributed by atoms with Gasteiger partial charge in [0, 0.05) is 30.4 Å². The number of halogens is 1. The summed E-state index contributed by atoms with van der Waals surface area (Å²) in [5, 5.41) is 3.90. The average molecular weight is 393 g/mol.